The van der Waals surface area contributed by atoms with Crippen molar-refractivity contribution in [3.8, 4) is 11.5 Å². The van der Waals surface area contributed by atoms with Crippen molar-refractivity contribution >= 4 is 22.5 Å². The van der Waals surface area contributed by atoms with Crippen molar-refractivity contribution in [3.63, 3.8) is 0 Å². The van der Waals surface area contributed by atoms with E-state index in [1.165, 1.54) is 12.4 Å². The topological polar surface area (TPSA) is 55.2 Å². The SMILES string of the molecule is Oc1cc2ncnc(Cl)c2cc1OCc1ccccc1. The summed E-state index contributed by atoms with van der Waals surface area (Å²) in [4.78, 5) is 7.96. The average Bonchev–Trinajstić information content (AvgIpc) is 2.47. The molecule has 100 valence electrons. The zero-order valence-electron chi connectivity index (χ0n) is 10.5. The Bertz CT molecular complexity index is 747. The minimum absolute atomic E-state index is 0.0307. The first-order valence-electron chi connectivity index (χ1n) is 6.04. The number of halogens is 1. The van der Waals surface area contributed by atoms with Crippen molar-refractivity contribution < 1.29 is 9.84 Å². The normalized spacial score (nSPS) is 10.7. The summed E-state index contributed by atoms with van der Waals surface area (Å²) < 4.78 is 5.62. The van der Waals surface area contributed by atoms with Gasteiger partial charge >= 0.3 is 0 Å². The van der Waals surface area contributed by atoms with E-state index in [0.717, 1.165) is 5.56 Å². The number of benzene rings is 2. The van der Waals surface area contributed by atoms with Gasteiger partial charge in [0.25, 0.3) is 0 Å². The van der Waals surface area contributed by atoms with Gasteiger partial charge in [-0.2, -0.15) is 0 Å². The molecule has 0 atom stereocenters. The van der Waals surface area contributed by atoms with E-state index in [1.54, 1.807) is 6.07 Å². The third-order valence-corrected chi connectivity index (χ3v) is 3.21. The van der Waals surface area contributed by atoms with Gasteiger partial charge in [-0.15, -0.1) is 0 Å². The largest absolute Gasteiger partial charge is 0.504 e. The maximum absolute atomic E-state index is 9.95. The highest BCUT2D eigenvalue weighted by Crippen LogP contribution is 2.33. The number of nitrogens with zero attached hydrogens (tertiary/aromatic N) is 2. The molecule has 1 aromatic heterocycles. The van der Waals surface area contributed by atoms with Gasteiger partial charge in [-0.25, -0.2) is 9.97 Å². The van der Waals surface area contributed by atoms with Crippen LogP contribution in [0.2, 0.25) is 5.15 Å². The summed E-state index contributed by atoms with van der Waals surface area (Å²) in [6.07, 6.45) is 1.36. The van der Waals surface area contributed by atoms with E-state index in [-0.39, 0.29) is 5.75 Å². The summed E-state index contributed by atoms with van der Waals surface area (Å²) in [5, 5.41) is 10.9. The zero-order valence-corrected chi connectivity index (χ0v) is 11.2. The molecule has 1 heterocycles. The van der Waals surface area contributed by atoms with Gasteiger partial charge in [-0.3, -0.25) is 0 Å². The highest BCUT2D eigenvalue weighted by Gasteiger charge is 2.09. The smallest absolute Gasteiger partial charge is 0.162 e. The zero-order chi connectivity index (χ0) is 13.9. The third kappa shape index (κ3) is 2.51. The lowest BCUT2D eigenvalue weighted by Crippen LogP contribution is -1.96. The Hall–Kier alpha value is -2.33. The number of hydrogen-bond donors (Lipinski definition) is 1. The van der Waals surface area contributed by atoms with Crippen LogP contribution in [0.5, 0.6) is 11.5 Å². The number of hydrogen-bond acceptors (Lipinski definition) is 4. The molecule has 0 aliphatic heterocycles. The maximum atomic E-state index is 9.95. The monoisotopic (exact) mass is 286 g/mol. The van der Waals surface area contributed by atoms with Crippen LogP contribution >= 0.6 is 11.6 Å². The van der Waals surface area contributed by atoms with Crippen molar-refractivity contribution in [2.24, 2.45) is 0 Å². The van der Waals surface area contributed by atoms with Crippen molar-refractivity contribution in [3.05, 3.63) is 59.5 Å². The van der Waals surface area contributed by atoms with Crippen molar-refractivity contribution in [1.82, 2.24) is 9.97 Å². The van der Waals surface area contributed by atoms with E-state index in [1.807, 2.05) is 30.3 Å². The summed E-state index contributed by atoms with van der Waals surface area (Å²) in [6, 6.07) is 12.9. The molecular weight excluding hydrogens is 276 g/mol. The summed E-state index contributed by atoms with van der Waals surface area (Å²) in [7, 11) is 0. The average molecular weight is 287 g/mol. The molecule has 20 heavy (non-hydrogen) atoms. The minimum Gasteiger partial charge on any atom is -0.504 e. The lowest BCUT2D eigenvalue weighted by Gasteiger charge is -2.09. The molecule has 3 aromatic rings. The van der Waals surface area contributed by atoms with Gasteiger partial charge in [0.1, 0.15) is 18.1 Å². The molecule has 2 aromatic carbocycles. The number of aromatic nitrogens is 2. The van der Waals surface area contributed by atoms with Gasteiger partial charge in [0.2, 0.25) is 0 Å². The third-order valence-electron chi connectivity index (χ3n) is 2.90. The predicted molar refractivity (Wildman–Crippen MR) is 77.0 cm³/mol. The Labute approximate surface area is 120 Å². The second-order valence-corrected chi connectivity index (χ2v) is 4.63. The summed E-state index contributed by atoms with van der Waals surface area (Å²) in [6.45, 7) is 0.366. The second kappa shape index (κ2) is 5.35. The Morgan fingerprint density at radius 2 is 1.90 bits per heavy atom. The molecule has 0 radical (unpaired) electrons. The van der Waals surface area contributed by atoms with E-state index in [0.29, 0.717) is 28.4 Å². The molecule has 3 rings (SSSR count). The molecule has 0 spiro atoms. The molecular formula is C15H11ClN2O2. The van der Waals surface area contributed by atoms with Crippen molar-refractivity contribution in [1.29, 1.82) is 0 Å². The fraction of sp³-hybridized carbons (Fsp3) is 0.0667. The van der Waals surface area contributed by atoms with Gasteiger partial charge in [-0.05, 0) is 11.6 Å². The minimum atomic E-state index is 0.0307. The number of fused-ring (bicyclic) bond motifs is 1. The number of rotatable bonds is 3. The van der Waals surface area contributed by atoms with Crippen LogP contribution in [0.4, 0.5) is 0 Å². The summed E-state index contributed by atoms with van der Waals surface area (Å²) in [5.74, 6) is 0.390. The fourth-order valence-corrected chi connectivity index (χ4v) is 2.09. The summed E-state index contributed by atoms with van der Waals surface area (Å²) in [5.41, 5.74) is 1.59. The maximum Gasteiger partial charge on any atom is 0.162 e. The van der Waals surface area contributed by atoms with E-state index in [2.05, 4.69) is 9.97 Å². The van der Waals surface area contributed by atoms with Crippen LogP contribution in [-0.4, -0.2) is 15.1 Å². The van der Waals surface area contributed by atoms with Crippen LogP contribution in [0.15, 0.2) is 48.8 Å². The Kier molecular flexibility index (Phi) is 3.39. The molecule has 0 aliphatic carbocycles. The highest BCUT2D eigenvalue weighted by molar-refractivity contribution is 6.34. The number of phenolic OH excluding ortho intramolecular Hbond substituents is 1. The van der Waals surface area contributed by atoms with Gasteiger partial charge in [0.15, 0.2) is 11.5 Å². The lowest BCUT2D eigenvalue weighted by atomic mass is 10.2. The molecule has 0 bridgehead atoms. The van der Waals surface area contributed by atoms with Gasteiger partial charge in [-0.1, -0.05) is 41.9 Å². The van der Waals surface area contributed by atoms with Gasteiger partial charge < -0.3 is 9.84 Å². The fourth-order valence-electron chi connectivity index (χ4n) is 1.89. The molecule has 0 aliphatic rings. The van der Waals surface area contributed by atoms with Crippen LogP contribution in [0.3, 0.4) is 0 Å². The van der Waals surface area contributed by atoms with E-state index in [9.17, 15) is 5.11 Å². The van der Waals surface area contributed by atoms with E-state index < -0.39 is 0 Å². The van der Waals surface area contributed by atoms with Crippen LogP contribution < -0.4 is 4.74 Å². The van der Waals surface area contributed by atoms with Crippen LogP contribution in [0.25, 0.3) is 10.9 Å². The lowest BCUT2D eigenvalue weighted by molar-refractivity contribution is 0.289. The number of ether oxygens (including phenoxy) is 1. The number of phenols is 1. The van der Waals surface area contributed by atoms with Crippen LogP contribution in [0, 0.1) is 0 Å². The Morgan fingerprint density at radius 1 is 1.10 bits per heavy atom. The van der Waals surface area contributed by atoms with Gasteiger partial charge in [0.05, 0.1) is 5.52 Å². The molecule has 0 amide bonds. The van der Waals surface area contributed by atoms with E-state index >= 15 is 0 Å². The molecule has 1 N–H and O–H groups in total. The molecule has 0 saturated carbocycles. The Morgan fingerprint density at radius 3 is 2.70 bits per heavy atom. The second-order valence-electron chi connectivity index (χ2n) is 4.28. The molecule has 0 unspecified atom stereocenters. The summed E-state index contributed by atoms with van der Waals surface area (Å²) >= 11 is 6.01. The first kappa shape index (κ1) is 12.7. The standard InChI is InChI=1S/C15H11ClN2O2/c16-15-11-6-14(13(19)7-12(11)17-9-18-15)20-8-10-4-2-1-3-5-10/h1-7,9,19H,8H2. The molecule has 4 nitrogen and oxygen atoms in total. The highest BCUT2D eigenvalue weighted by atomic mass is 35.5. The van der Waals surface area contributed by atoms with E-state index in [4.69, 9.17) is 16.3 Å². The van der Waals surface area contributed by atoms with Crippen molar-refractivity contribution in [2.75, 3.05) is 0 Å². The number of aromatic hydroxyl groups is 1. The molecule has 0 fully saturated rings. The molecule has 5 heteroatoms. The first-order valence-corrected chi connectivity index (χ1v) is 6.42. The molecule has 0 saturated heterocycles. The van der Waals surface area contributed by atoms with Crippen LogP contribution in [0.1, 0.15) is 5.56 Å². The first-order chi connectivity index (χ1) is 9.74. The predicted octanol–water partition coefficient (Wildman–Crippen LogP) is 3.57. The van der Waals surface area contributed by atoms with Crippen molar-refractivity contribution in [2.45, 2.75) is 6.61 Å². The van der Waals surface area contributed by atoms with Gasteiger partial charge in [0, 0.05) is 11.5 Å². The van der Waals surface area contributed by atoms with Crippen LogP contribution in [-0.2, 0) is 6.61 Å². The Balaban J connectivity index is 1.91. The quantitative estimate of drug-likeness (QED) is 0.748.